The van der Waals surface area contributed by atoms with Crippen LogP contribution in [0.1, 0.15) is 0 Å². The molecule has 1 aromatic heterocycles. The molecule has 0 fully saturated rings. The molecule has 11 nitrogen and oxygen atoms in total. The summed E-state index contributed by atoms with van der Waals surface area (Å²) in [7, 11) is -1.28. The van der Waals surface area contributed by atoms with Crippen LogP contribution in [0, 0.1) is 22.7 Å². The molecule has 0 unspecified atom stereocenters. The van der Waals surface area contributed by atoms with E-state index in [1.165, 1.54) is 38.5 Å². The van der Waals surface area contributed by atoms with E-state index in [0.29, 0.717) is 5.69 Å². The van der Waals surface area contributed by atoms with Crippen molar-refractivity contribution in [1.82, 2.24) is 9.97 Å². The highest BCUT2D eigenvalue weighted by Crippen LogP contribution is 2.32. The average Bonchev–Trinajstić information content (AvgIpc) is 2.68. The second-order valence-corrected chi connectivity index (χ2v) is 6.37. The summed E-state index contributed by atoms with van der Waals surface area (Å²) in [6, 6.07) is 8.64. The molecule has 0 spiro atoms. The molecule has 0 saturated heterocycles. The van der Waals surface area contributed by atoms with Gasteiger partial charge in [0, 0.05) is 0 Å². The zero-order valence-corrected chi connectivity index (χ0v) is 15.0. The highest BCUT2D eigenvalue weighted by molar-refractivity contribution is 7.92. The summed E-state index contributed by atoms with van der Waals surface area (Å²) in [6.07, 6.45) is 1.13. The molecule has 12 heteroatoms. The van der Waals surface area contributed by atoms with Gasteiger partial charge in [-0.1, -0.05) is 0 Å². The summed E-state index contributed by atoms with van der Waals surface area (Å²) >= 11 is 0. The fourth-order valence-electron chi connectivity index (χ4n) is 1.85. The number of rotatable bonds is 7. The van der Waals surface area contributed by atoms with Crippen LogP contribution in [-0.4, -0.2) is 38.3 Å². The van der Waals surface area contributed by atoms with Gasteiger partial charge in [-0.3, -0.25) is 10.1 Å². The molecule has 1 aromatic carbocycles. The van der Waals surface area contributed by atoms with Crippen LogP contribution in [0.3, 0.4) is 0 Å². The van der Waals surface area contributed by atoms with E-state index in [4.69, 9.17) is 20.0 Å². The number of methoxy groups -OCH3 is 2. The maximum atomic E-state index is 12.5. The zero-order valence-electron chi connectivity index (χ0n) is 14.2. The number of nitrogens with one attached hydrogen (secondary N) is 2. The predicted octanol–water partition coefficient (Wildman–Crippen LogP) is 1.11. The van der Waals surface area contributed by atoms with Gasteiger partial charge < -0.3 is 9.47 Å². The molecule has 0 radical (unpaired) electrons. The summed E-state index contributed by atoms with van der Waals surface area (Å²) in [6.45, 7) is 0. The standard InChI is InChI=1S/C15H13N7O4S/c1-25-13-14(18-9-19-15(13)26-2)22-27(23,24)12-5-3-10(4-6-12)20-21-11(7-16)8-17/h3-6,9,20H,1-2H3,(H,18,19,22). The van der Waals surface area contributed by atoms with Crippen molar-refractivity contribution < 1.29 is 17.9 Å². The number of aromatic nitrogens is 2. The monoisotopic (exact) mass is 387 g/mol. The molecular weight excluding hydrogens is 374 g/mol. The maximum Gasteiger partial charge on any atom is 0.263 e. The summed E-state index contributed by atoms with van der Waals surface area (Å²) in [4.78, 5) is 7.63. The molecule has 0 bridgehead atoms. The first-order valence-electron chi connectivity index (χ1n) is 7.15. The number of hydrazone groups is 1. The fraction of sp³-hybridized carbons (Fsp3) is 0.133. The first-order chi connectivity index (χ1) is 12.9. The Hall–Kier alpha value is -3.90. The molecule has 2 aromatic rings. The van der Waals surface area contributed by atoms with Gasteiger partial charge in [0.2, 0.25) is 11.5 Å². The quantitative estimate of drug-likeness (QED) is 0.523. The molecule has 2 N–H and O–H groups in total. The lowest BCUT2D eigenvalue weighted by Crippen LogP contribution is -2.15. The number of nitrogens with zero attached hydrogens (tertiary/aromatic N) is 5. The van der Waals surface area contributed by atoms with Gasteiger partial charge in [-0.2, -0.15) is 20.6 Å². The van der Waals surface area contributed by atoms with Gasteiger partial charge in [0.05, 0.1) is 24.8 Å². The van der Waals surface area contributed by atoms with Gasteiger partial charge in [0.1, 0.15) is 18.5 Å². The molecule has 138 valence electrons. The topological polar surface area (TPSA) is 162 Å². The number of ether oxygens (including phenoxy) is 2. The number of benzene rings is 1. The first kappa shape index (κ1) is 19.4. The molecule has 0 aliphatic carbocycles. The van der Waals surface area contributed by atoms with Crippen molar-refractivity contribution in [3.8, 4) is 23.8 Å². The normalized spacial score (nSPS) is 10.1. The third kappa shape index (κ3) is 4.59. The Morgan fingerprint density at radius 3 is 2.33 bits per heavy atom. The number of anilines is 2. The molecule has 0 atom stereocenters. The molecule has 1 heterocycles. The van der Waals surface area contributed by atoms with Crippen LogP contribution in [0.2, 0.25) is 0 Å². The van der Waals surface area contributed by atoms with Crippen molar-refractivity contribution >= 4 is 27.2 Å². The molecule has 0 saturated carbocycles. The third-order valence-electron chi connectivity index (χ3n) is 3.07. The van der Waals surface area contributed by atoms with Gasteiger partial charge in [-0.05, 0) is 24.3 Å². The Labute approximate surface area is 154 Å². The van der Waals surface area contributed by atoms with Crippen LogP contribution in [-0.2, 0) is 10.0 Å². The van der Waals surface area contributed by atoms with Crippen molar-refractivity contribution in [3.05, 3.63) is 30.6 Å². The second-order valence-electron chi connectivity index (χ2n) is 4.69. The van der Waals surface area contributed by atoms with E-state index in [0.717, 1.165) is 6.33 Å². The minimum absolute atomic E-state index is 0.0386. The average molecular weight is 387 g/mol. The Kier molecular flexibility index (Phi) is 6.09. The molecule has 0 aliphatic rings. The lowest BCUT2D eigenvalue weighted by molar-refractivity contribution is 0.342. The van der Waals surface area contributed by atoms with Crippen molar-refractivity contribution in [2.75, 3.05) is 24.4 Å². The van der Waals surface area contributed by atoms with E-state index >= 15 is 0 Å². The van der Waals surface area contributed by atoms with E-state index in [1.54, 1.807) is 12.1 Å². The van der Waals surface area contributed by atoms with Crippen LogP contribution < -0.4 is 19.6 Å². The van der Waals surface area contributed by atoms with Gasteiger partial charge in [0.15, 0.2) is 5.82 Å². The summed E-state index contributed by atoms with van der Waals surface area (Å²) in [5.41, 5.74) is 2.50. The molecule has 27 heavy (non-hydrogen) atoms. The summed E-state index contributed by atoms with van der Waals surface area (Å²) < 4.78 is 37.5. The first-order valence-corrected chi connectivity index (χ1v) is 8.63. The largest absolute Gasteiger partial charge is 0.489 e. The van der Waals surface area contributed by atoms with Crippen LogP contribution in [0.15, 0.2) is 40.6 Å². The lowest BCUT2D eigenvalue weighted by Gasteiger charge is -2.12. The van der Waals surface area contributed by atoms with Crippen LogP contribution >= 0.6 is 0 Å². The highest BCUT2D eigenvalue weighted by Gasteiger charge is 2.20. The summed E-state index contributed by atoms with van der Waals surface area (Å²) in [5.74, 6) is 0.0361. The fourth-order valence-corrected chi connectivity index (χ4v) is 2.86. The van der Waals surface area contributed by atoms with E-state index in [-0.39, 0.29) is 28.1 Å². The van der Waals surface area contributed by atoms with Gasteiger partial charge in [0.25, 0.3) is 15.9 Å². The number of nitriles is 2. The van der Waals surface area contributed by atoms with Gasteiger partial charge in [-0.25, -0.2) is 13.4 Å². The van der Waals surface area contributed by atoms with Crippen LogP contribution in [0.5, 0.6) is 11.6 Å². The highest BCUT2D eigenvalue weighted by atomic mass is 32.2. The van der Waals surface area contributed by atoms with Gasteiger partial charge >= 0.3 is 0 Å². The number of sulfonamides is 1. The summed E-state index contributed by atoms with van der Waals surface area (Å²) in [5, 5.41) is 20.8. The Balaban J connectivity index is 2.25. The number of hydrogen-bond donors (Lipinski definition) is 2. The van der Waals surface area contributed by atoms with Crippen LogP contribution in [0.4, 0.5) is 11.5 Å². The predicted molar refractivity (Wildman–Crippen MR) is 94.7 cm³/mol. The maximum absolute atomic E-state index is 12.5. The zero-order chi connectivity index (χ0) is 19.9. The Morgan fingerprint density at radius 2 is 1.78 bits per heavy atom. The molecule has 0 amide bonds. The van der Waals surface area contributed by atoms with Crippen molar-refractivity contribution in [2.24, 2.45) is 5.10 Å². The van der Waals surface area contributed by atoms with E-state index in [9.17, 15) is 8.42 Å². The van der Waals surface area contributed by atoms with Gasteiger partial charge in [-0.15, -0.1) is 0 Å². The number of hydrogen-bond acceptors (Lipinski definition) is 10. The van der Waals surface area contributed by atoms with E-state index in [2.05, 4.69) is 25.2 Å². The van der Waals surface area contributed by atoms with E-state index < -0.39 is 10.0 Å². The van der Waals surface area contributed by atoms with E-state index in [1.807, 2.05) is 0 Å². The third-order valence-corrected chi connectivity index (χ3v) is 4.43. The van der Waals surface area contributed by atoms with Crippen molar-refractivity contribution in [2.45, 2.75) is 4.90 Å². The van der Waals surface area contributed by atoms with Crippen LogP contribution in [0.25, 0.3) is 0 Å². The lowest BCUT2D eigenvalue weighted by atomic mass is 10.3. The second kappa shape index (κ2) is 8.46. The van der Waals surface area contributed by atoms with Crippen molar-refractivity contribution in [3.63, 3.8) is 0 Å². The molecule has 0 aliphatic heterocycles. The SMILES string of the molecule is COc1ncnc(NS(=O)(=O)c2ccc(NN=C(C#N)C#N)cc2)c1OC. The Bertz CT molecular complexity index is 1020. The molecule has 2 rings (SSSR count). The minimum atomic E-state index is -3.97. The smallest absolute Gasteiger partial charge is 0.263 e. The molecular formula is C15H13N7O4S. The van der Waals surface area contributed by atoms with Crippen molar-refractivity contribution in [1.29, 1.82) is 10.5 Å². The minimum Gasteiger partial charge on any atom is -0.489 e. The Morgan fingerprint density at radius 1 is 1.11 bits per heavy atom.